The molecule has 5 nitrogen and oxygen atoms in total. The number of anilines is 1. The Morgan fingerprint density at radius 3 is 3.00 bits per heavy atom. The Hall–Kier alpha value is -1.57. The third-order valence-electron chi connectivity index (χ3n) is 4.24. The second-order valence-corrected chi connectivity index (χ2v) is 7.48. The highest BCUT2D eigenvalue weighted by atomic mass is 32.1. The van der Waals surface area contributed by atoms with Crippen LogP contribution >= 0.6 is 22.9 Å². The number of rotatable bonds is 4. The molecule has 0 amide bonds. The van der Waals surface area contributed by atoms with Gasteiger partial charge in [-0.25, -0.2) is 9.97 Å². The smallest absolute Gasteiger partial charge is 0.205 e. The van der Waals surface area contributed by atoms with Crippen LogP contribution in [0.2, 0.25) is 0 Å². The van der Waals surface area contributed by atoms with Gasteiger partial charge in [0.05, 0.1) is 16.3 Å². The summed E-state index contributed by atoms with van der Waals surface area (Å²) >= 11 is 3.25. The highest BCUT2D eigenvalue weighted by molar-refractivity contribution is 7.18. The van der Waals surface area contributed by atoms with Crippen molar-refractivity contribution < 1.29 is 4.74 Å². The van der Waals surface area contributed by atoms with Crippen molar-refractivity contribution in [3.8, 4) is 0 Å². The Balaban J connectivity index is 1.64. The minimum absolute atomic E-state index is 0.0662. The van der Waals surface area contributed by atoms with Gasteiger partial charge in [-0.1, -0.05) is 12.1 Å². The number of hydrogen-bond acceptors (Lipinski definition) is 7. The molecule has 1 aliphatic rings. The van der Waals surface area contributed by atoms with Crippen LogP contribution in [-0.2, 0) is 4.74 Å². The molecule has 2 unspecified atom stereocenters. The average Bonchev–Trinajstić information content (AvgIpc) is 3.29. The SMILES string of the molecule is COC(C)c1nsc(N2CCCC2c2nc3ccccc3s2)n1. The fraction of sp³-hybridized carbons (Fsp3) is 0.438. The first-order valence-corrected chi connectivity index (χ1v) is 9.34. The Bertz CT molecular complexity index is 782. The Morgan fingerprint density at radius 1 is 1.30 bits per heavy atom. The molecule has 2 aromatic heterocycles. The van der Waals surface area contributed by atoms with Crippen LogP contribution in [0.3, 0.4) is 0 Å². The predicted molar refractivity (Wildman–Crippen MR) is 94.3 cm³/mol. The summed E-state index contributed by atoms with van der Waals surface area (Å²) in [6.45, 7) is 2.98. The van der Waals surface area contributed by atoms with E-state index in [-0.39, 0.29) is 6.10 Å². The molecule has 120 valence electrons. The molecule has 23 heavy (non-hydrogen) atoms. The highest BCUT2D eigenvalue weighted by Crippen LogP contribution is 2.40. The van der Waals surface area contributed by atoms with Gasteiger partial charge in [-0.3, -0.25) is 0 Å². The van der Waals surface area contributed by atoms with Gasteiger partial charge >= 0.3 is 0 Å². The molecule has 0 aliphatic carbocycles. The van der Waals surface area contributed by atoms with Crippen LogP contribution in [0.5, 0.6) is 0 Å². The van der Waals surface area contributed by atoms with E-state index in [9.17, 15) is 0 Å². The molecule has 4 rings (SSSR count). The summed E-state index contributed by atoms with van der Waals surface area (Å²) in [5.41, 5.74) is 1.09. The molecule has 1 fully saturated rings. The van der Waals surface area contributed by atoms with Crippen molar-refractivity contribution in [2.45, 2.75) is 31.9 Å². The summed E-state index contributed by atoms with van der Waals surface area (Å²) in [5.74, 6) is 0.766. The first-order chi connectivity index (χ1) is 11.3. The Morgan fingerprint density at radius 2 is 2.17 bits per heavy atom. The van der Waals surface area contributed by atoms with Crippen molar-refractivity contribution in [3.05, 3.63) is 35.1 Å². The molecular weight excluding hydrogens is 328 g/mol. The summed E-state index contributed by atoms with van der Waals surface area (Å²) in [7, 11) is 1.69. The molecule has 1 aliphatic heterocycles. The number of aromatic nitrogens is 3. The number of nitrogens with zero attached hydrogens (tertiary/aromatic N) is 4. The lowest BCUT2D eigenvalue weighted by molar-refractivity contribution is 0.113. The van der Waals surface area contributed by atoms with Crippen LogP contribution in [0.25, 0.3) is 10.2 Å². The van der Waals surface area contributed by atoms with Gasteiger partial charge in [0.1, 0.15) is 11.1 Å². The molecule has 0 radical (unpaired) electrons. The molecular formula is C16H18N4OS2. The summed E-state index contributed by atoms with van der Waals surface area (Å²) in [4.78, 5) is 11.9. The van der Waals surface area contributed by atoms with Gasteiger partial charge in [0.2, 0.25) is 5.13 Å². The van der Waals surface area contributed by atoms with E-state index < -0.39 is 0 Å². The number of para-hydroxylation sites is 1. The lowest BCUT2D eigenvalue weighted by Crippen LogP contribution is -2.22. The topological polar surface area (TPSA) is 51.1 Å². The van der Waals surface area contributed by atoms with Gasteiger partial charge in [0.15, 0.2) is 5.82 Å². The van der Waals surface area contributed by atoms with Crippen LogP contribution in [0.4, 0.5) is 5.13 Å². The summed E-state index contributed by atoms with van der Waals surface area (Å²) < 4.78 is 11.0. The number of ether oxygens (including phenoxy) is 1. The predicted octanol–water partition coefficient (Wildman–Crippen LogP) is 4.20. The number of benzene rings is 1. The van der Waals surface area contributed by atoms with Crippen LogP contribution in [0.1, 0.15) is 42.7 Å². The summed E-state index contributed by atoms with van der Waals surface area (Å²) in [5, 5.41) is 2.16. The largest absolute Gasteiger partial charge is 0.374 e. The number of hydrogen-bond donors (Lipinski definition) is 0. The van der Waals surface area contributed by atoms with Gasteiger partial charge in [-0.05, 0) is 31.9 Å². The number of methoxy groups -OCH3 is 1. The van der Waals surface area contributed by atoms with Crippen LogP contribution < -0.4 is 4.90 Å². The maximum Gasteiger partial charge on any atom is 0.205 e. The second kappa shape index (κ2) is 6.14. The van der Waals surface area contributed by atoms with E-state index in [1.165, 1.54) is 21.2 Å². The maximum absolute atomic E-state index is 5.32. The van der Waals surface area contributed by atoms with Crippen LogP contribution in [0.15, 0.2) is 24.3 Å². The van der Waals surface area contributed by atoms with Crippen molar-refractivity contribution in [2.24, 2.45) is 0 Å². The zero-order valence-electron chi connectivity index (χ0n) is 13.1. The third kappa shape index (κ3) is 2.73. The molecule has 0 N–H and O–H groups in total. The second-order valence-electron chi connectivity index (χ2n) is 5.68. The molecule has 3 aromatic rings. The molecule has 0 spiro atoms. The molecule has 0 bridgehead atoms. The van der Waals surface area contributed by atoms with Gasteiger partial charge < -0.3 is 9.64 Å². The average molecular weight is 346 g/mol. The van der Waals surface area contributed by atoms with Crippen molar-refractivity contribution in [1.82, 2.24) is 14.3 Å². The van der Waals surface area contributed by atoms with E-state index in [0.29, 0.717) is 6.04 Å². The van der Waals surface area contributed by atoms with Crippen molar-refractivity contribution in [1.29, 1.82) is 0 Å². The van der Waals surface area contributed by atoms with Crippen molar-refractivity contribution in [2.75, 3.05) is 18.6 Å². The monoisotopic (exact) mass is 346 g/mol. The lowest BCUT2D eigenvalue weighted by Gasteiger charge is -2.21. The van der Waals surface area contributed by atoms with E-state index in [2.05, 4.69) is 32.5 Å². The Labute approximate surface area is 143 Å². The van der Waals surface area contributed by atoms with Crippen molar-refractivity contribution >= 4 is 38.2 Å². The minimum atomic E-state index is -0.0662. The lowest BCUT2D eigenvalue weighted by atomic mass is 10.2. The highest BCUT2D eigenvalue weighted by Gasteiger charge is 2.31. The van der Waals surface area contributed by atoms with E-state index in [1.807, 2.05) is 13.0 Å². The molecule has 7 heteroatoms. The van der Waals surface area contributed by atoms with Gasteiger partial charge in [0.25, 0.3) is 0 Å². The first kappa shape index (κ1) is 15.0. The van der Waals surface area contributed by atoms with Gasteiger partial charge in [-0.15, -0.1) is 11.3 Å². The standard InChI is InChI=1S/C16H18N4OS2/c1-10(21-2)14-18-16(23-19-14)20-9-5-7-12(20)15-17-11-6-3-4-8-13(11)22-15/h3-4,6,8,10,12H,5,7,9H2,1-2H3. The zero-order chi connectivity index (χ0) is 15.8. The zero-order valence-corrected chi connectivity index (χ0v) is 14.7. The molecule has 1 saturated heterocycles. The Kier molecular flexibility index (Phi) is 4.00. The fourth-order valence-electron chi connectivity index (χ4n) is 2.90. The molecule has 2 atom stereocenters. The van der Waals surface area contributed by atoms with E-state index >= 15 is 0 Å². The maximum atomic E-state index is 5.32. The molecule has 1 aromatic carbocycles. The number of thiazole rings is 1. The fourth-order valence-corrected chi connectivity index (χ4v) is 4.84. The quantitative estimate of drug-likeness (QED) is 0.709. The normalized spacial score (nSPS) is 19.6. The molecule has 0 saturated carbocycles. The summed E-state index contributed by atoms with van der Waals surface area (Å²) in [6, 6.07) is 8.64. The number of fused-ring (bicyclic) bond motifs is 1. The summed E-state index contributed by atoms with van der Waals surface area (Å²) in [6.07, 6.45) is 2.22. The van der Waals surface area contributed by atoms with E-state index in [4.69, 9.17) is 9.72 Å². The van der Waals surface area contributed by atoms with E-state index in [0.717, 1.165) is 35.9 Å². The minimum Gasteiger partial charge on any atom is -0.374 e. The van der Waals surface area contributed by atoms with Crippen molar-refractivity contribution in [3.63, 3.8) is 0 Å². The third-order valence-corrected chi connectivity index (χ3v) is 6.15. The molecule has 3 heterocycles. The van der Waals surface area contributed by atoms with Gasteiger partial charge in [0, 0.05) is 25.2 Å². The van der Waals surface area contributed by atoms with Gasteiger partial charge in [-0.2, -0.15) is 4.37 Å². The van der Waals surface area contributed by atoms with E-state index in [1.54, 1.807) is 18.4 Å². The van der Waals surface area contributed by atoms with Crippen LogP contribution in [0, 0.1) is 0 Å². The van der Waals surface area contributed by atoms with Crippen LogP contribution in [-0.4, -0.2) is 28.0 Å². The first-order valence-electron chi connectivity index (χ1n) is 7.75.